The zero-order chi connectivity index (χ0) is 7.61. The minimum absolute atomic E-state index is 0.324. The maximum absolute atomic E-state index is 9.36. The Labute approximate surface area is 61.2 Å². The Morgan fingerprint density at radius 2 is 2.10 bits per heavy atom. The molecule has 0 bridgehead atoms. The van der Waals surface area contributed by atoms with Gasteiger partial charge in [-0.15, -0.1) is 0 Å². The Hall–Kier alpha value is -0.520. The van der Waals surface area contributed by atoms with Crippen LogP contribution in [0.4, 0.5) is 0 Å². The summed E-state index contributed by atoms with van der Waals surface area (Å²) >= 11 is 0. The Morgan fingerprint density at radius 1 is 1.50 bits per heavy atom. The van der Waals surface area contributed by atoms with E-state index in [0.717, 1.165) is 0 Å². The van der Waals surface area contributed by atoms with E-state index in [1.165, 1.54) is 0 Å². The summed E-state index contributed by atoms with van der Waals surface area (Å²) in [6.45, 7) is 4.73. The van der Waals surface area contributed by atoms with E-state index in [4.69, 9.17) is 4.74 Å². The maximum Gasteiger partial charge on any atom is 0.171 e. The van der Waals surface area contributed by atoms with E-state index in [1.807, 2.05) is 13.8 Å². The van der Waals surface area contributed by atoms with Crippen LogP contribution < -0.4 is 0 Å². The molecular formula is C8H12O2. The molecule has 0 spiro atoms. The second-order valence-corrected chi connectivity index (χ2v) is 2.95. The van der Waals surface area contributed by atoms with Gasteiger partial charge in [0.15, 0.2) is 5.60 Å². The second-order valence-electron chi connectivity index (χ2n) is 2.95. The third-order valence-electron chi connectivity index (χ3n) is 1.28. The highest BCUT2D eigenvalue weighted by molar-refractivity contribution is 5.17. The van der Waals surface area contributed by atoms with Crippen LogP contribution in [0.2, 0.25) is 0 Å². The molecule has 0 saturated carbocycles. The summed E-state index contributed by atoms with van der Waals surface area (Å²) in [6, 6.07) is 0. The molecule has 1 saturated heterocycles. The van der Waals surface area contributed by atoms with Crippen molar-refractivity contribution in [1.82, 2.24) is 0 Å². The molecule has 0 radical (unpaired) electrons. The van der Waals surface area contributed by atoms with Crippen LogP contribution in [0.3, 0.4) is 0 Å². The summed E-state index contributed by atoms with van der Waals surface area (Å²) < 4.78 is 4.82. The Balaban J connectivity index is 2.45. The first-order chi connectivity index (χ1) is 4.62. The van der Waals surface area contributed by atoms with Crippen molar-refractivity contribution < 1.29 is 9.84 Å². The predicted octanol–water partition coefficient (Wildman–Crippen LogP) is 0.407. The van der Waals surface area contributed by atoms with Gasteiger partial charge in [-0.25, -0.2) is 0 Å². The maximum atomic E-state index is 9.36. The number of aliphatic hydroxyl groups is 1. The van der Waals surface area contributed by atoms with Crippen molar-refractivity contribution in [1.29, 1.82) is 0 Å². The first kappa shape index (κ1) is 7.59. The van der Waals surface area contributed by atoms with Gasteiger partial charge in [0.2, 0.25) is 0 Å². The van der Waals surface area contributed by atoms with Crippen LogP contribution in [-0.4, -0.2) is 23.9 Å². The third kappa shape index (κ3) is 1.73. The third-order valence-corrected chi connectivity index (χ3v) is 1.28. The van der Waals surface area contributed by atoms with E-state index in [9.17, 15) is 5.11 Å². The van der Waals surface area contributed by atoms with Crippen molar-refractivity contribution in [2.75, 3.05) is 13.2 Å². The van der Waals surface area contributed by atoms with Gasteiger partial charge in [0.1, 0.15) is 0 Å². The number of hydrogen-bond donors (Lipinski definition) is 1. The minimum Gasteiger partial charge on any atom is -0.373 e. The summed E-state index contributed by atoms with van der Waals surface area (Å²) in [5.74, 6) is 6.01. The van der Waals surface area contributed by atoms with Crippen molar-refractivity contribution in [2.45, 2.75) is 19.4 Å². The molecule has 2 heteroatoms. The van der Waals surface area contributed by atoms with Gasteiger partial charge >= 0.3 is 0 Å². The molecule has 1 aliphatic heterocycles. The SMILES string of the molecule is CC(C)C#CC1(O)COC1. The fourth-order valence-electron chi connectivity index (χ4n) is 0.646. The van der Waals surface area contributed by atoms with Crippen LogP contribution >= 0.6 is 0 Å². The largest absolute Gasteiger partial charge is 0.373 e. The highest BCUT2D eigenvalue weighted by Crippen LogP contribution is 2.14. The van der Waals surface area contributed by atoms with Gasteiger partial charge < -0.3 is 9.84 Å². The van der Waals surface area contributed by atoms with E-state index >= 15 is 0 Å². The van der Waals surface area contributed by atoms with E-state index in [1.54, 1.807) is 0 Å². The lowest BCUT2D eigenvalue weighted by Crippen LogP contribution is -2.48. The molecule has 1 N–H and O–H groups in total. The van der Waals surface area contributed by atoms with Gasteiger partial charge in [0.05, 0.1) is 13.2 Å². The Bertz CT molecular complexity index is 169. The van der Waals surface area contributed by atoms with Crippen molar-refractivity contribution in [3.63, 3.8) is 0 Å². The molecule has 0 amide bonds. The molecule has 1 heterocycles. The second kappa shape index (κ2) is 2.61. The average molecular weight is 140 g/mol. The molecule has 56 valence electrons. The first-order valence-electron chi connectivity index (χ1n) is 3.45. The number of ether oxygens (including phenoxy) is 1. The van der Waals surface area contributed by atoms with Gasteiger partial charge in [-0.3, -0.25) is 0 Å². The van der Waals surface area contributed by atoms with Crippen LogP contribution in [-0.2, 0) is 4.74 Å². The molecule has 0 aliphatic carbocycles. The Kier molecular flexibility index (Phi) is 1.98. The van der Waals surface area contributed by atoms with Crippen LogP contribution in [0.1, 0.15) is 13.8 Å². The average Bonchev–Trinajstić information content (AvgIpc) is 1.79. The topological polar surface area (TPSA) is 29.5 Å². The molecule has 0 aromatic heterocycles. The fourth-order valence-corrected chi connectivity index (χ4v) is 0.646. The quantitative estimate of drug-likeness (QED) is 0.494. The molecule has 2 nitrogen and oxygen atoms in total. The molecule has 0 aromatic carbocycles. The van der Waals surface area contributed by atoms with E-state index in [2.05, 4.69) is 11.8 Å². The number of rotatable bonds is 0. The van der Waals surface area contributed by atoms with Gasteiger partial charge in [-0.2, -0.15) is 0 Å². The summed E-state index contributed by atoms with van der Waals surface area (Å²) in [5.41, 5.74) is -0.829. The molecule has 0 atom stereocenters. The van der Waals surface area contributed by atoms with Gasteiger partial charge in [0, 0.05) is 5.92 Å². The predicted molar refractivity (Wildman–Crippen MR) is 38.4 cm³/mol. The molecule has 1 fully saturated rings. The lowest BCUT2D eigenvalue weighted by atomic mass is 10.0. The number of hydrogen-bond acceptors (Lipinski definition) is 2. The summed E-state index contributed by atoms with van der Waals surface area (Å²) in [4.78, 5) is 0. The molecule has 1 rings (SSSR count). The zero-order valence-corrected chi connectivity index (χ0v) is 6.35. The lowest BCUT2D eigenvalue weighted by molar-refractivity contribution is -0.141. The first-order valence-corrected chi connectivity index (χ1v) is 3.45. The lowest BCUT2D eigenvalue weighted by Gasteiger charge is -2.31. The Morgan fingerprint density at radius 3 is 2.40 bits per heavy atom. The van der Waals surface area contributed by atoms with Crippen LogP contribution in [0.5, 0.6) is 0 Å². The van der Waals surface area contributed by atoms with Crippen molar-refractivity contribution in [2.24, 2.45) is 5.92 Å². The molecule has 0 unspecified atom stereocenters. The normalized spacial score (nSPS) is 21.2. The smallest absolute Gasteiger partial charge is 0.171 e. The summed E-state index contributed by atoms with van der Waals surface area (Å²) in [5, 5.41) is 9.36. The highest BCUT2D eigenvalue weighted by atomic mass is 16.5. The standard InChI is InChI=1S/C8H12O2/c1-7(2)3-4-8(9)5-10-6-8/h7,9H,5-6H2,1-2H3. The van der Waals surface area contributed by atoms with Crippen LogP contribution in [0.15, 0.2) is 0 Å². The van der Waals surface area contributed by atoms with Gasteiger partial charge in [-0.05, 0) is 0 Å². The summed E-state index contributed by atoms with van der Waals surface area (Å²) in [6.07, 6.45) is 0. The molecular weight excluding hydrogens is 128 g/mol. The van der Waals surface area contributed by atoms with Gasteiger partial charge in [0.25, 0.3) is 0 Å². The molecule has 1 aliphatic rings. The van der Waals surface area contributed by atoms with Crippen LogP contribution in [0, 0.1) is 17.8 Å². The van der Waals surface area contributed by atoms with E-state index < -0.39 is 5.60 Å². The molecule has 0 aromatic rings. The highest BCUT2D eigenvalue weighted by Gasteiger charge is 2.33. The minimum atomic E-state index is -0.829. The summed E-state index contributed by atoms with van der Waals surface area (Å²) in [7, 11) is 0. The van der Waals surface area contributed by atoms with E-state index in [-0.39, 0.29) is 0 Å². The zero-order valence-electron chi connectivity index (χ0n) is 6.35. The van der Waals surface area contributed by atoms with Gasteiger partial charge in [-0.1, -0.05) is 25.7 Å². The van der Waals surface area contributed by atoms with Crippen molar-refractivity contribution >= 4 is 0 Å². The van der Waals surface area contributed by atoms with E-state index in [0.29, 0.717) is 19.1 Å². The monoisotopic (exact) mass is 140 g/mol. The molecule has 10 heavy (non-hydrogen) atoms. The van der Waals surface area contributed by atoms with Crippen molar-refractivity contribution in [3.05, 3.63) is 0 Å². The fraction of sp³-hybridized carbons (Fsp3) is 0.750. The van der Waals surface area contributed by atoms with Crippen LogP contribution in [0.25, 0.3) is 0 Å². The van der Waals surface area contributed by atoms with Crippen molar-refractivity contribution in [3.8, 4) is 11.8 Å².